The van der Waals surface area contributed by atoms with E-state index in [1.165, 1.54) is 0 Å². The van der Waals surface area contributed by atoms with E-state index in [-0.39, 0.29) is 12.1 Å². The third-order valence-corrected chi connectivity index (χ3v) is 2.04. The van der Waals surface area contributed by atoms with Gasteiger partial charge < -0.3 is 4.90 Å². The van der Waals surface area contributed by atoms with Crippen LogP contribution in [0.5, 0.6) is 0 Å². The van der Waals surface area contributed by atoms with Gasteiger partial charge in [0.25, 0.3) is 0 Å². The van der Waals surface area contributed by atoms with E-state index in [0.717, 1.165) is 6.42 Å². The van der Waals surface area contributed by atoms with E-state index in [2.05, 4.69) is 19.2 Å². The van der Waals surface area contributed by atoms with Crippen LogP contribution in [-0.4, -0.2) is 30.6 Å². The van der Waals surface area contributed by atoms with Crippen molar-refractivity contribution < 1.29 is 4.79 Å². The summed E-state index contributed by atoms with van der Waals surface area (Å²) in [5.74, 6) is 0.844. The molecule has 0 aromatic rings. The zero-order valence-electron chi connectivity index (χ0n) is 7.42. The first kappa shape index (κ1) is 8.53. The van der Waals surface area contributed by atoms with Gasteiger partial charge in [-0.1, -0.05) is 13.8 Å². The summed E-state index contributed by atoms with van der Waals surface area (Å²) in [6.07, 6.45) is 1.31. The highest BCUT2D eigenvalue weighted by atomic mass is 16.2. The monoisotopic (exact) mass is 156 g/mol. The molecule has 0 aliphatic carbocycles. The van der Waals surface area contributed by atoms with Crippen LogP contribution in [0.1, 0.15) is 20.3 Å². The van der Waals surface area contributed by atoms with Crippen molar-refractivity contribution >= 4 is 5.91 Å². The number of amides is 1. The highest BCUT2D eigenvalue weighted by molar-refractivity contribution is 5.80. The third kappa shape index (κ3) is 1.93. The molecule has 1 aliphatic rings. The van der Waals surface area contributed by atoms with Gasteiger partial charge in [0.05, 0.1) is 12.7 Å². The van der Waals surface area contributed by atoms with Crippen LogP contribution < -0.4 is 5.32 Å². The number of carbonyl (C=O) groups excluding carboxylic acids is 1. The van der Waals surface area contributed by atoms with E-state index in [9.17, 15) is 4.79 Å². The molecule has 1 heterocycles. The Kier molecular flexibility index (Phi) is 2.49. The minimum absolute atomic E-state index is 0.204. The highest BCUT2D eigenvalue weighted by Gasteiger charge is 2.26. The van der Waals surface area contributed by atoms with Crippen LogP contribution in [0.15, 0.2) is 0 Å². The van der Waals surface area contributed by atoms with Gasteiger partial charge in [-0.05, 0) is 12.3 Å². The smallest absolute Gasteiger partial charge is 0.237 e. The zero-order valence-corrected chi connectivity index (χ0v) is 7.42. The van der Waals surface area contributed by atoms with Crippen molar-refractivity contribution in [1.82, 2.24) is 10.2 Å². The molecule has 0 aromatic heterocycles. The topological polar surface area (TPSA) is 32.3 Å². The molecule has 64 valence electrons. The molecule has 1 atom stereocenters. The summed E-state index contributed by atoms with van der Waals surface area (Å²) >= 11 is 0. The van der Waals surface area contributed by atoms with E-state index < -0.39 is 0 Å². The molecule has 1 rings (SSSR count). The van der Waals surface area contributed by atoms with Crippen LogP contribution in [0.4, 0.5) is 0 Å². The summed E-state index contributed by atoms with van der Waals surface area (Å²) in [5, 5.41) is 3.16. The molecular formula is C8H16N2O. The number of carbonyl (C=O) groups is 1. The van der Waals surface area contributed by atoms with Gasteiger partial charge in [-0.25, -0.2) is 0 Å². The summed E-state index contributed by atoms with van der Waals surface area (Å²) in [6.45, 7) is 4.84. The fourth-order valence-electron chi connectivity index (χ4n) is 1.33. The van der Waals surface area contributed by atoms with E-state index in [1.807, 2.05) is 7.05 Å². The Hall–Kier alpha value is -0.570. The Labute approximate surface area is 67.8 Å². The van der Waals surface area contributed by atoms with Gasteiger partial charge in [0.15, 0.2) is 0 Å². The fraction of sp³-hybridized carbons (Fsp3) is 0.875. The molecule has 1 saturated heterocycles. The lowest BCUT2D eigenvalue weighted by molar-refractivity contribution is -0.126. The second-order valence-corrected chi connectivity index (χ2v) is 3.53. The fourth-order valence-corrected chi connectivity index (χ4v) is 1.33. The minimum atomic E-state index is 0.204. The Morgan fingerprint density at radius 1 is 1.73 bits per heavy atom. The second-order valence-electron chi connectivity index (χ2n) is 3.53. The molecule has 0 saturated carbocycles. The number of likely N-dealkylation sites (N-methyl/N-ethyl adjacent to an activating group) is 1. The van der Waals surface area contributed by atoms with Crippen molar-refractivity contribution in [2.75, 3.05) is 13.6 Å². The molecule has 0 spiro atoms. The van der Waals surface area contributed by atoms with Crippen molar-refractivity contribution in [3.05, 3.63) is 0 Å². The van der Waals surface area contributed by atoms with Crippen LogP contribution in [0.3, 0.4) is 0 Å². The Morgan fingerprint density at radius 3 is 2.73 bits per heavy atom. The second kappa shape index (κ2) is 3.22. The zero-order chi connectivity index (χ0) is 8.43. The van der Waals surface area contributed by atoms with Gasteiger partial charge in [0.2, 0.25) is 5.91 Å². The number of nitrogens with zero attached hydrogens (tertiary/aromatic N) is 1. The molecular weight excluding hydrogens is 140 g/mol. The molecule has 1 aliphatic heterocycles. The van der Waals surface area contributed by atoms with Crippen molar-refractivity contribution in [2.45, 2.75) is 26.4 Å². The van der Waals surface area contributed by atoms with Gasteiger partial charge in [0.1, 0.15) is 0 Å². The lowest BCUT2D eigenvalue weighted by Crippen LogP contribution is -2.35. The Balaban J connectivity index is 2.42. The Morgan fingerprint density at radius 2 is 2.36 bits per heavy atom. The maximum Gasteiger partial charge on any atom is 0.237 e. The van der Waals surface area contributed by atoms with E-state index in [1.54, 1.807) is 4.90 Å². The summed E-state index contributed by atoms with van der Waals surface area (Å²) in [6, 6.07) is 0. The van der Waals surface area contributed by atoms with Crippen molar-refractivity contribution in [3.63, 3.8) is 0 Å². The molecule has 1 unspecified atom stereocenters. The summed E-state index contributed by atoms with van der Waals surface area (Å²) < 4.78 is 0. The predicted octanol–water partition coefficient (Wildman–Crippen LogP) is 0.420. The van der Waals surface area contributed by atoms with Gasteiger partial charge >= 0.3 is 0 Å². The van der Waals surface area contributed by atoms with Crippen LogP contribution >= 0.6 is 0 Å². The normalized spacial score (nSPS) is 25.3. The molecule has 0 bridgehead atoms. The van der Waals surface area contributed by atoms with Crippen molar-refractivity contribution in [2.24, 2.45) is 5.92 Å². The number of rotatable bonds is 2. The molecule has 0 aromatic carbocycles. The molecule has 1 fully saturated rings. The quantitative estimate of drug-likeness (QED) is 0.628. The largest absolute Gasteiger partial charge is 0.329 e. The van der Waals surface area contributed by atoms with Gasteiger partial charge in [-0.3, -0.25) is 10.1 Å². The number of hydrogen-bond donors (Lipinski definition) is 1. The maximum atomic E-state index is 11.0. The maximum absolute atomic E-state index is 11.0. The van der Waals surface area contributed by atoms with E-state index in [4.69, 9.17) is 0 Å². The van der Waals surface area contributed by atoms with Crippen LogP contribution in [0, 0.1) is 5.92 Å². The van der Waals surface area contributed by atoms with Gasteiger partial charge in [-0.15, -0.1) is 0 Å². The van der Waals surface area contributed by atoms with Gasteiger partial charge in [0, 0.05) is 7.05 Å². The third-order valence-electron chi connectivity index (χ3n) is 2.04. The first-order chi connectivity index (χ1) is 5.11. The summed E-state index contributed by atoms with van der Waals surface area (Å²) in [5.41, 5.74) is 0. The first-order valence-electron chi connectivity index (χ1n) is 4.10. The van der Waals surface area contributed by atoms with E-state index in [0.29, 0.717) is 12.5 Å². The molecule has 1 N–H and O–H groups in total. The van der Waals surface area contributed by atoms with E-state index >= 15 is 0 Å². The predicted molar refractivity (Wildman–Crippen MR) is 44.0 cm³/mol. The summed E-state index contributed by atoms with van der Waals surface area (Å²) in [4.78, 5) is 12.8. The lowest BCUT2D eigenvalue weighted by Gasteiger charge is -2.20. The molecule has 0 radical (unpaired) electrons. The SMILES string of the molecule is CC(C)CC1NCC(=O)N1C. The highest BCUT2D eigenvalue weighted by Crippen LogP contribution is 2.11. The Bertz CT molecular complexity index is 156. The first-order valence-corrected chi connectivity index (χ1v) is 4.10. The number of hydrogen-bond acceptors (Lipinski definition) is 2. The molecule has 3 heteroatoms. The van der Waals surface area contributed by atoms with Gasteiger partial charge in [-0.2, -0.15) is 0 Å². The minimum Gasteiger partial charge on any atom is -0.329 e. The van der Waals surface area contributed by atoms with Crippen LogP contribution in [-0.2, 0) is 4.79 Å². The lowest BCUT2D eigenvalue weighted by atomic mass is 10.1. The summed E-state index contributed by atoms with van der Waals surface area (Å²) in [7, 11) is 1.86. The van der Waals surface area contributed by atoms with Crippen molar-refractivity contribution in [3.8, 4) is 0 Å². The average Bonchev–Trinajstić information content (AvgIpc) is 2.18. The molecule has 3 nitrogen and oxygen atoms in total. The van der Waals surface area contributed by atoms with Crippen LogP contribution in [0.25, 0.3) is 0 Å². The standard InChI is InChI=1S/C8H16N2O/c1-6(2)4-7-9-5-8(11)10(7)3/h6-7,9H,4-5H2,1-3H3. The molecule has 1 amide bonds. The van der Waals surface area contributed by atoms with Crippen LogP contribution in [0.2, 0.25) is 0 Å². The average molecular weight is 156 g/mol. The van der Waals surface area contributed by atoms with Crippen molar-refractivity contribution in [1.29, 1.82) is 0 Å². The number of nitrogens with one attached hydrogen (secondary N) is 1. The molecule has 11 heavy (non-hydrogen) atoms.